The summed E-state index contributed by atoms with van der Waals surface area (Å²) in [5, 5.41) is 16.3. The zero-order chi connectivity index (χ0) is 25.1. The molecule has 35 heavy (non-hydrogen) atoms. The number of aromatic nitrogens is 2. The van der Waals surface area contributed by atoms with Crippen molar-refractivity contribution in [3.63, 3.8) is 0 Å². The van der Waals surface area contributed by atoms with Gasteiger partial charge in [-0.05, 0) is 42.8 Å². The minimum Gasteiger partial charge on any atom is -0.629 e. The van der Waals surface area contributed by atoms with Crippen molar-refractivity contribution in [1.82, 2.24) is 10.1 Å². The van der Waals surface area contributed by atoms with Crippen LogP contribution in [0.1, 0.15) is 81.7 Å². The van der Waals surface area contributed by atoms with E-state index in [-0.39, 0.29) is 17.3 Å². The normalized spacial score (nSPS) is 12.7. The van der Waals surface area contributed by atoms with Crippen LogP contribution in [0.2, 0.25) is 0 Å². The fourth-order valence-electron chi connectivity index (χ4n) is 3.96. The van der Waals surface area contributed by atoms with Gasteiger partial charge in [-0.15, -0.1) is 0 Å². The molecule has 0 saturated carbocycles. The lowest BCUT2D eigenvalue weighted by Gasteiger charge is -2.22. The molecule has 0 spiro atoms. The summed E-state index contributed by atoms with van der Waals surface area (Å²) in [4.78, 5) is 4.48. The Bertz CT molecular complexity index is 1000. The number of nitrogens with one attached hydrogen (secondary N) is 1. The van der Waals surface area contributed by atoms with Crippen LogP contribution in [0.25, 0.3) is 11.5 Å². The van der Waals surface area contributed by atoms with Crippen molar-refractivity contribution in [2.24, 2.45) is 0 Å². The van der Waals surface area contributed by atoms with Gasteiger partial charge in [0.15, 0.2) is 5.82 Å². The van der Waals surface area contributed by atoms with Gasteiger partial charge in [-0.1, -0.05) is 75.6 Å². The smallest absolute Gasteiger partial charge is 0.416 e. The van der Waals surface area contributed by atoms with Gasteiger partial charge in [0.05, 0.1) is 5.56 Å². The van der Waals surface area contributed by atoms with E-state index >= 15 is 0 Å². The van der Waals surface area contributed by atoms with Gasteiger partial charge in [-0.2, -0.15) is 18.2 Å². The highest BCUT2D eigenvalue weighted by Crippen LogP contribution is 2.29. The number of rotatable bonds is 14. The summed E-state index contributed by atoms with van der Waals surface area (Å²) in [5.74, 6) is 1.14. The topological polar surface area (TPSA) is 66.4 Å². The van der Waals surface area contributed by atoms with Crippen LogP contribution in [-0.2, 0) is 19.1 Å². The van der Waals surface area contributed by atoms with E-state index in [9.17, 15) is 18.4 Å². The molecule has 1 heterocycles. The van der Waals surface area contributed by atoms with E-state index in [1.54, 1.807) is 12.1 Å². The third kappa shape index (κ3) is 8.78. The summed E-state index contributed by atoms with van der Waals surface area (Å²) in [7, 11) is 0. The second-order valence-corrected chi connectivity index (χ2v) is 8.97. The fraction of sp³-hybridized carbons (Fsp3) is 0.481. The van der Waals surface area contributed by atoms with Gasteiger partial charge in [0.25, 0.3) is 5.89 Å². The highest BCUT2D eigenvalue weighted by Gasteiger charge is 2.30. The lowest BCUT2D eigenvalue weighted by molar-refractivity contribution is -0.791. The summed E-state index contributed by atoms with van der Waals surface area (Å²) < 4.78 is 43.5. The number of nitrogens with zero attached hydrogens (tertiary/aromatic N) is 2. The Morgan fingerprint density at radius 1 is 0.829 bits per heavy atom. The molecule has 1 N–H and O–H groups in total. The first-order valence-electron chi connectivity index (χ1n) is 12.5. The number of hydrogen-bond donors (Lipinski definition) is 1. The molecule has 0 bridgehead atoms. The molecule has 0 aliphatic rings. The molecule has 2 aromatic carbocycles. The highest BCUT2D eigenvalue weighted by atomic mass is 19.4. The first-order chi connectivity index (χ1) is 16.9. The van der Waals surface area contributed by atoms with E-state index in [0.29, 0.717) is 11.7 Å². The summed E-state index contributed by atoms with van der Waals surface area (Å²) in [5.41, 5.74) is 1.00. The van der Waals surface area contributed by atoms with E-state index in [0.717, 1.165) is 36.1 Å². The standard InChI is InChI=1S/C27H34F3N3O2/c1-2-3-4-5-6-7-8-9-10-11-25-31-26(35-32-25)22-14-12-21(13-15-22)20-33(34)24-18-16-23(17-19-24)27(28,29)30/h12-19,33H,2-11,20H2,1H3. The van der Waals surface area contributed by atoms with E-state index < -0.39 is 11.7 Å². The molecule has 3 rings (SSSR count). The predicted molar refractivity (Wildman–Crippen MR) is 130 cm³/mol. The van der Waals surface area contributed by atoms with Crippen LogP contribution in [0, 0.1) is 5.21 Å². The first kappa shape index (κ1) is 26.9. The number of alkyl halides is 3. The zero-order valence-corrected chi connectivity index (χ0v) is 20.2. The summed E-state index contributed by atoms with van der Waals surface area (Å²) in [6.45, 7) is 2.33. The van der Waals surface area contributed by atoms with Crippen molar-refractivity contribution in [1.29, 1.82) is 0 Å². The van der Waals surface area contributed by atoms with Crippen molar-refractivity contribution < 1.29 is 22.8 Å². The lowest BCUT2D eigenvalue weighted by atomic mass is 10.1. The summed E-state index contributed by atoms with van der Waals surface area (Å²) in [6.07, 6.45) is 7.72. The van der Waals surface area contributed by atoms with Gasteiger partial charge in [-0.3, -0.25) is 0 Å². The molecule has 1 atom stereocenters. The molecule has 0 aliphatic heterocycles. The van der Waals surface area contributed by atoms with Crippen LogP contribution in [0.3, 0.4) is 0 Å². The average molecular weight is 490 g/mol. The number of hydroxylamine groups is 1. The van der Waals surface area contributed by atoms with Crippen LogP contribution in [0.4, 0.5) is 18.9 Å². The maximum Gasteiger partial charge on any atom is 0.416 e. The Morgan fingerprint density at radius 2 is 1.43 bits per heavy atom. The van der Waals surface area contributed by atoms with Gasteiger partial charge in [0, 0.05) is 17.5 Å². The molecule has 0 radical (unpaired) electrons. The molecule has 0 fully saturated rings. The average Bonchev–Trinajstić information content (AvgIpc) is 3.32. The maximum atomic E-state index is 12.7. The van der Waals surface area contributed by atoms with Crippen molar-refractivity contribution >= 4 is 5.69 Å². The van der Waals surface area contributed by atoms with E-state index in [1.807, 2.05) is 12.1 Å². The number of halogens is 3. The Kier molecular flexibility index (Phi) is 10.3. The second kappa shape index (κ2) is 13.4. The van der Waals surface area contributed by atoms with Crippen molar-refractivity contribution in [3.8, 4) is 11.5 Å². The molecular formula is C27H34F3N3O2. The number of unbranched alkanes of at least 4 members (excludes halogenated alkanes) is 8. The van der Waals surface area contributed by atoms with Crippen molar-refractivity contribution in [2.45, 2.75) is 83.9 Å². The molecule has 3 aromatic rings. The molecule has 190 valence electrons. The quantitative estimate of drug-likeness (QED) is 0.195. The number of benzene rings is 2. The molecular weight excluding hydrogens is 455 g/mol. The van der Waals surface area contributed by atoms with E-state index in [4.69, 9.17) is 4.52 Å². The minimum atomic E-state index is -4.42. The Balaban J connectivity index is 1.43. The highest BCUT2D eigenvalue weighted by molar-refractivity contribution is 5.53. The summed E-state index contributed by atoms with van der Waals surface area (Å²) >= 11 is 0. The van der Waals surface area contributed by atoms with E-state index in [1.165, 1.54) is 63.5 Å². The van der Waals surface area contributed by atoms with Crippen LogP contribution in [0.15, 0.2) is 53.1 Å². The molecule has 0 aliphatic carbocycles. The molecule has 8 heteroatoms. The van der Waals surface area contributed by atoms with Crippen LogP contribution in [0.5, 0.6) is 0 Å². The monoisotopic (exact) mass is 489 g/mol. The SMILES string of the molecule is CCCCCCCCCCCc1noc(-c2ccc(C[NH+]([O-])c3ccc(C(F)(F)F)cc3)cc2)n1. The Hall–Kier alpha value is -2.71. The van der Waals surface area contributed by atoms with Gasteiger partial charge in [-0.25, -0.2) is 0 Å². The molecule has 1 aromatic heterocycles. The Labute approximate surface area is 204 Å². The number of aryl methyl sites for hydroxylation is 1. The van der Waals surface area contributed by atoms with Gasteiger partial charge < -0.3 is 14.8 Å². The molecule has 5 nitrogen and oxygen atoms in total. The summed E-state index contributed by atoms with van der Waals surface area (Å²) in [6, 6.07) is 11.5. The van der Waals surface area contributed by atoms with Gasteiger partial charge in [0.2, 0.25) is 0 Å². The Morgan fingerprint density at radius 3 is 2.03 bits per heavy atom. The van der Waals surface area contributed by atoms with Crippen molar-refractivity contribution in [2.75, 3.05) is 0 Å². The fourth-order valence-corrected chi connectivity index (χ4v) is 3.96. The predicted octanol–water partition coefficient (Wildman–Crippen LogP) is 7.04. The van der Waals surface area contributed by atoms with Crippen LogP contribution < -0.4 is 5.06 Å². The van der Waals surface area contributed by atoms with Gasteiger partial charge in [0.1, 0.15) is 12.2 Å². The van der Waals surface area contributed by atoms with Crippen LogP contribution in [-0.4, -0.2) is 10.1 Å². The van der Waals surface area contributed by atoms with Crippen LogP contribution >= 0.6 is 0 Å². The zero-order valence-electron chi connectivity index (χ0n) is 20.2. The third-order valence-corrected chi connectivity index (χ3v) is 6.07. The second-order valence-electron chi connectivity index (χ2n) is 8.97. The number of quaternary nitrogens is 1. The molecule has 0 amide bonds. The van der Waals surface area contributed by atoms with Crippen molar-refractivity contribution in [3.05, 3.63) is 70.7 Å². The molecule has 1 unspecified atom stereocenters. The number of hydrogen-bond acceptors (Lipinski definition) is 4. The maximum absolute atomic E-state index is 12.7. The first-order valence-corrected chi connectivity index (χ1v) is 12.5. The third-order valence-electron chi connectivity index (χ3n) is 6.07. The minimum absolute atomic E-state index is 0.0966. The largest absolute Gasteiger partial charge is 0.629 e. The van der Waals surface area contributed by atoms with E-state index in [2.05, 4.69) is 17.1 Å². The van der Waals surface area contributed by atoms with Gasteiger partial charge >= 0.3 is 6.18 Å². The lowest BCUT2D eigenvalue weighted by Crippen LogP contribution is -3.00. The molecule has 0 saturated heterocycles.